The van der Waals surface area contributed by atoms with Crippen molar-refractivity contribution in [3.8, 4) is 5.75 Å². The van der Waals surface area contributed by atoms with Crippen molar-refractivity contribution >= 4 is 29.0 Å². The molecule has 0 aliphatic carbocycles. The zero-order chi connectivity index (χ0) is 22.2. The number of anilines is 2. The number of amides is 1. The van der Waals surface area contributed by atoms with Crippen LogP contribution in [0.3, 0.4) is 0 Å². The molecular formula is C24H34N4O2S. The SMILES string of the molecule is CSc1cccc(NC(=O)[C@@H](C)N2CCN(c3ccccc3OCCN(C)C)CC2)c1. The predicted molar refractivity (Wildman–Crippen MR) is 131 cm³/mol. The monoisotopic (exact) mass is 442 g/mol. The van der Waals surface area contributed by atoms with Gasteiger partial charge in [0.15, 0.2) is 0 Å². The van der Waals surface area contributed by atoms with Gasteiger partial charge in [-0.2, -0.15) is 0 Å². The maximum Gasteiger partial charge on any atom is 0.241 e. The van der Waals surface area contributed by atoms with E-state index < -0.39 is 0 Å². The van der Waals surface area contributed by atoms with Crippen LogP contribution in [-0.2, 0) is 4.79 Å². The number of ether oxygens (including phenoxy) is 1. The van der Waals surface area contributed by atoms with Crippen LogP contribution in [0.4, 0.5) is 11.4 Å². The minimum Gasteiger partial charge on any atom is -0.490 e. The largest absolute Gasteiger partial charge is 0.490 e. The number of thioether (sulfide) groups is 1. The second-order valence-electron chi connectivity index (χ2n) is 8.04. The Morgan fingerprint density at radius 3 is 2.58 bits per heavy atom. The van der Waals surface area contributed by atoms with E-state index in [1.165, 1.54) is 0 Å². The van der Waals surface area contributed by atoms with Crippen LogP contribution < -0.4 is 15.0 Å². The summed E-state index contributed by atoms with van der Waals surface area (Å²) >= 11 is 1.67. The lowest BCUT2D eigenvalue weighted by molar-refractivity contribution is -0.120. The summed E-state index contributed by atoms with van der Waals surface area (Å²) in [4.78, 5) is 20.7. The Labute approximate surface area is 190 Å². The van der Waals surface area contributed by atoms with Gasteiger partial charge in [-0.05, 0) is 57.6 Å². The third-order valence-electron chi connectivity index (χ3n) is 5.58. The lowest BCUT2D eigenvalue weighted by Gasteiger charge is -2.39. The number of carbonyl (C=O) groups is 1. The average molecular weight is 443 g/mol. The number of benzene rings is 2. The molecular weight excluding hydrogens is 408 g/mol. The fraction of sp³-hybridized carbons (Fsp3) is 0.458. The minimum atomic E-state index is -0.174. The average Bonchev–Trinajstić information content (AvgIpc) is 2.79. The smallest absolute Gasteiger partial charge is 0.241 e. The second-order valence-corrected chi connectivity index (χ2v) is 8.92. The molecule has 31 heavy (non-hydrogen) atoms. The highest BCUT2D eigenvalue weighted by atomic mass is 32.2. The van der Waals surface area contributed by atoms with E-state index in [4.69, 9.17) is 4.74 Å². The standard InChI is InChI=1S/C24H34N4O2S/c1-19(24(29)25-20-8-7-9-21(18-20)31-4)27-12-14-28(15-13-27)22-10-5-6-11-23(22)30-17-16-26(2)3/h5-11,18-19H,12-17H2,1-4H3,(H,25,29)/t19-/m1/s1. The normalized spacial score (nSPS) is 15.7. The molecule has 1 aliphatic rings. The first-order valence-electron chi connectivity index (χ1n) is 10.8. The van der Waals surface area contributed by atoms with Crippen molar-refractivity contribution in [2.24, 2.45) is 0 Å². The summed E-state index contributed by atoms with van der Waals surface area (Å²) in [6.45, 7) is 6.95. The van der Waals surface area contributed by atoms with Crippen LogP contribution in [0, 0.1) is 0 Å². The summed E-state index contributed by atoms with van der Waals surface area (Å²) in [7, 11) is 4.09. The highest BCUT2D eigenvalue weighted by Crippen LogP contribution is 2.29. The van der Waals surface area contributed by atoms with Gasteiger partial charge in [-0.15, -0.1) is 11.8 Å². The van der Waals surface area contributed by atoms with Crippen molar-refractivity contribution < 1.29 is 9.53 Å². The lowest BCUT2D eigenvalue weighted by atomic mass is 10.2. The summed E-state index contributed by atoms with van der Waals surface area (Å²) in [5, 5.41) is 3.07. The summed E-state index contributed by atoms with van der Waals surface area (Å²) in [6.07, 6.45) is 2.04. The van der Waals surface area contributed by atoms with Crippen molar-refractivity contribution in [2.45, 2.75) is 17.9 Å². The molecule has 0 unspecified atom stereocenters. The third-order valence-corrected chi connectivity index (χ3v) is 6.31. The van der Waals surface area contributed by atoms with E-state index in [-0.39, 0.29) is 11.9 Å². The Bertz CT molecular complexity index is 853. The van der Waals surface area contributed by atoms with Crippen molar-refractivity contribution in [2.75, 3.05) is 69.9 Å². The van der Waals surface area contributed by atoms with Crippen molar-refractivity contribution in [1.29, 1.82) is 0 Å². The quantitative estimate of drug-likeness (QED) is 0.600. The van der Waals surface area contributed by atoms with E-state index in [1.807, 2.05) is 63.7 Å². The predicted octanol–water partition coefficient (Wildman–Crippen LogP) is 3.50. The molecule has 2 aromatic carbocycles. The summed E-state index contributed by atoms with van der Waals surface area (Å²) in [6, 6.07) is 16.0. The Hall–Kier alpha value is -2.22. The van der Waals surface area contributed by atoms with E-state index >= 15 is 0 Å². The number of nitrogens with zero attached hydrogens (tertiary/aromatic N) is 3. The molecule has 2 aromatic rings. The zero-order valence-electron chi connectivity index (χ0n) is 19.0. The first-order chi connectivity index (χ1) is 15.0. The lowest BCUT2D eigenvalue weighted by Crippen LogP contribution is -2.52. The molecule has 7 heteroatoms. The molecule has 3 rings (SSSR count). The molecule has 1 atom stereocenters. The van der Waals surface area contributed by atoms with Gasteiger partial charge in [0.05, 0.1) is 11.7 Å². The van der Waals surface area contributed by atoms with Gasteiger partial charge in [0.1, 0.15) is 12.4 Å². The summed E-state index contributed by atoms with van der Waals surface area (Å²) < 4.78 is 6.04. The number of hydrogen-bond acceptors (Lipinski definition) is 6. The second kappa shape index (κ2) is 11.4. The van der Waals surface area contributed by atoms with Gasteiger partial charge in [-0.25, -0.2) is 0 Å². The molecule has 1 fully saturated rings. The van der Waals surface area contributed by atoms with Crippen LogP contribution in [0.15, 0.2) is 53.4 Å². The fourth-order valence-corrected chi connectivity index (χ4v) is 4.10. The van der Waals surface area contributed by atoms with Gasteiger partial charge in [0.25, 0.3) is 0 Å². The van der Waals surface area contributed by atoms with Crippen molar-refractivity contribution in [3.63, 3.8) is 0 Å². The molecule has 6 nitrogen and oxygen atoms in total. The number of hydrogen-bond donors (Lipinski definition) is 1. The molecule has 1 amide bonds. The molecule has 0 bridgehead atoms. The molecule has 1 saturated heterocycles. The number of piperazine rings is 1. The number of rotatable bonds is 9. The van der Waals surface area contributed by atoms with Crippen LogP contribution in [-0.4, -0.2) is 81.4 Å². The first kappa shape index (κ1) is 23.4. The fourth-order valence-electron chi connectivity index (χ4n) is 3.64. The molecule has 0 radical (unpaired) electrons. The highest BCUT2D eigenvalue weighted by molar-refractivity contribution is 7.98. The molecule has 1 N–H and O–H groups in total. The van der Waals surface area contributed by atoms with Gasteiger partial charge in [0.2, 0.25) is 5.91 Å². The van der Waals surface area contributed by atoms with Crippen LogP contribution in [0.5, 0.6) is 5.75 Å². The van der Waals surface area contributed by atoms with E-state index in [0.717, 1.165) is 54.7 Å². The van der Waals surface area contributed by atoms with Crippen LogP contribution in [0.2, 0.25) is 0 Å². The number of nitrogens with one attached hydrogen (secondary N) is 1. The maximum absolute atomic E-state index is 12.8. The van der Waals surface area contributed by atoms with Gasteiger partial charge >= 0.3 is 0 Å². The van der Waals surface area contributed by atoms with E-state index in [2.05, 4.69) is 32.1 Å². The Balaban J connectivity index is 1.55. The number of carbonyl (C=O) groups excluding carboxylic acids is 1. The molecule has 0 aromatic heterocycles. The molecule has 1 heterocycles. The Morgan fingerprint density at radius 1 is 1.13 bits per heavy atom. The molecule has 0 spiro atoms. The van der Waals surface area contributed by atoms with Crippen molar-refractivity contribution in [3.05, 3.63) is 48.5 Å². The summed E-state index contributed by atoms with van der Waals surface area (Å²) in [5.41, 5.74) is 1.98. The van der Waals surface area contributed by atoms with Crippen molar-refractivity contribution in [1.82, 2.24) is 9.80 Å². The van der Waals surface area contributed by atoms with Crippen LogP contribution in [0.25, 0.3) is 0 Å². The third kappa shape index (κ3) is 6.63. The van der Waals surface area contributed by atoms with Crippen LogP contribution >= 0.6 is 11.8 Å². The van der Waals surface area contributed by atoms with Gasteiger partial charge in [0, 0.05) is 43.3 Å². The van der Waals surface area contributed by atoms with E-state index in [9.17, 15) is 4.79 Å². The highest BCUT2D eigenvalue weighted by Gasteiger charge is 2.26. The van der Waals surface area contributed by atoms with Gasteiger partial charge < -0.3 is 19.9 Å². The molecule has 0 saturated carbocycles. The molecule has 168 valence electrons. The zero-order valence-corrected chi connectivity index (χ0v) is 19.8. The minimum absolute atomic E-state index is 0.0409. The van der Waals surface area contributed by atoms with Gasteiger partial charge in [-0.3, -0.25) is 9.69 Å². The topological polar surface area (TPSA) is 48.1 Å². The van der Waals surface area contributed by atoms with E-state index in [1.54, 1.807) is 11.8 Å². The first-order valence-corrected chi connectivity index (χ1v) is 12.0. The molecule has 1 aliphatic heterocycles. The maximum atomic E-state index is 12.8. The number of likely N-dealkylation sites (N-methyl/N-ethyl adjacent to an activating group) is 1. The Morgan fingerprint density at radius 2 is 1.87 bits per heavy atom. The Kier molecular flexibility index (Phi) is 8.63. The van der Waals surface area contributed by atoms with Gasteiger partial charge in [-0.1, -0.05) is 18.2 Å². The number of para-hydroxylation sites is 2. The van der Waals surface area contributed by atoms with Crippen LogP contribution in [0.1, 0.15) is 6.92 Å². The summed E-state index contributed by atoms with van der Waals surface area (Å²) in [5.74, 6) is 0.969. The van der Waals surface area contributed by atoms with E-state index in [0.29, 0.717) is 6.61 Å².